The molecular formula is C15H25N5. The molecule has 5 heteroatoms. The van der Waals surface area contributed by atoms with E-state index < -0.39 is 0 Å². The summed E-state index contributed by atoms with van der Waals surface area (Å²) in [5, 5.41) is 12.2. The first-order chi connectivity index (χ1) is 9.60. The molecule has 4 bridgehead atoms. The van der Waals surface area contributed by atoms with Gasteiger partial charge in [-0.15, -0.1) is 10.2 Å². The molecule has 4 fully saturated rings. The molecule has 0 amide bonds. The maximum absolute atomic E-state index is 6.42. The van der Waals surface area contributed by atoms with Gasteiger partial charge in [-0.05, 0) is 73.3 Å². The minimum atomic E-state index is 0.190. The van der Waals surface area contributed by atoms with Crippen LogP contribution >= 0.6 is 0 Å². The van der Waals surface area contributed by atoms with Gasteiger partial charge in [0.2, 0.25) is 0 Å². The van der Waals surface area contributed by atoms with Crippen LogP contribution in [0, 0.1) is 23.2 Å². The van der Waals surface area contributed by atoms with Gasteiger partial charge >= 0.3 is 0 Å². The number of tetrazole rings is 1. The van der Waals surface area contributed by atoms with E-state index in [1.165, 1.54) is 43.3 Å². The van der Waals surface area contributed by atoms with Crippen molar-refractivity contribution in [3.63, 3.8) is 0 Å². The molecule has 2 N–H and O–H groups in total. The monoisotopic (exact) mass is 275 g/mol. The van der Waals surface area contributed by atoms with E-state index in [1.807, 2.05) is 0 Å². The summed E-state index contributed by atoms with van der Waals surface area (Å²) in [5.74, 6) is 3.80. The van der Waals surface area contributed by atoms with E-state index in [0.29, 0.717) is 5.41 Å². The summed E-state index contributed by atoms with van der Waals surface area (Å²) in [5.41, 5.74) is 6.97. The second kappa shape index (κ2) is 4.52. The maximum atomic E-state index is 6.42. The third kappa shape index (κ3) is 2.26. The number of aromatic nitrogens is 4. The number of hydrogen-bond donors (Lipinski definition) is 1. The van der Waals surface area contributed by atoms with E-state index in [1.54, 1.807) is 7.05 Å². The summed E-state index contributed by atoms with van der Waals surface area (Å²) in [6.45, 7) is 0. The van der Waals surface area contributed by atoms with Crippen LogP contribution in [0.25, 0.3) is 0 Å². The smallest absolute Gasteiger partial charge is 0.176 e. The van der Waals surface area contributed by atoms with Gasteiger partial charge in [-0.3, -0.25) is 0 Å². The van der Waals surface area contributed by atoms with Gasteiger partial charge in [0.15, 0.2) is 5.82 Å². The van der Waals surface area contributed by atoms with Crippen LogP contribution in [-0.4, -0.2) is 26.2 Å². The zero-order valence-electron chi connectivity index (χ0n) is 12.3. The standard InChI is InChI=1S/C15H25N5/c1-20-18-14(17-19-20)5-13(16)9-15-6-10-2-11(7-15)4-12(3-10)8-15/h10-13H,2-9,16H2,1H3. The number of nitrogens with zero attached hydrogens (tertiary/aromatic N) is 4. The van der Waals surface area contributed by atoms with Gasteiger partial charge in [0.25, 0.3) is 0 Å². The van der Waals surface area contributed by atoms with E-state index in [-0.39, 0.29) is 6.04 Å². The molecule has 1 atom stereocenters. The van der Waals surface area contributed by atoms with Gasteiger partial charge in [0.05, 0.1) is 7.05 Å². The highest BCUT2D eigenvalue weighted by Crippen LogP contribution is 2.61. The van der Waals surface area contributed by atoms with E-state index in [4.69, 9.17) is 5.73 Å². The molecule has 1 aromatic heterocycles. The summed E-state index contributed by atoms with van der Waals surface area (Å²) in [7, 11) is 1.81. The topological polar surface area (TPSA) is 69.6 Å². The van der Waals surface area contributed by atoms with Crippen molar-refractivity contribution in [1.82, 2.24) is 20.2 Å². The highest BCUT2D eigenvalue weighted by atomic mass is 15.6. The van der Waals surface area contributed by atoms with Crippen LogP contribution in [0.3, 0.4) is 0 Å². The van der Waals surface area contributed by atoms with Gasteiger partial charge in [-0.1, -0.05) is 0 Å². The Kier molecular flexibility index (Phi) is 2.88. The molecule has 20 heavy (non-hydrogen) atoms. The molecular weight excluding hydrogens is 250 g/mol. The van der Waals surface area contributed by atoms with Gasteiger partial charge in [-0.25, -0.2) is 0 Å². The molecule has 0 aliphatic heterocycles. The van der Waals surface area contributed by atoms with Crippen molar-refractivity contribution in [2.45, 2.75) is 57.4 Å². The molecule has 0 saturated heterocycles. The lowest BCUT2D eigenvalue weighted by molar-refractivity contribution is -0.0603. The average Bonchev–Trinajstić information content (AvgIpc) is 2.71. The van der Waals surface area contributed by atoms with Gasteiger partial charge in [0.1, 0.15) is 0 Å². The second-order valence-corrected chi connectivity index (χ2v) is 7.78. The second-order valence-electron chi connectivity index (χ2n) is 7.78. The Balaban J connectivity index is 1.43. The summed E-state index contributed by atoms with van der Waals surface area (Å²) in [6, 6.07) is 0.190. The first-order valence-electron chi connectivity index (χ1n) is 8.09. The zero-order valence-corrected chi connectivity index (χ0v) is 12.3. The molecule has 4 aliphatic carbocycles. The van der Waals surface area contributed by atoms with Gasteiger partial charge < -0.3 is 5.73 Å². The molecule has 0 spiro atoms. The Bertz CT molecular complexity index is 459. The van der Waals surface area contributed by atoms with Crippen molar-refractivity contribution in [2.24, 2.45) is 36.0 Å². The van der Waals surface area contributed by atoms with Crippen molar-refractivity contribution in [3.8, 4) is 0 Å². The van der Waals surface area contributed by atoms with Crippen molar-refractivity contribution < 1.29 is 0 Å². The van der Waals surface area contributed by atoms with E-state index in [0.717, 1.165) is 36.4 Å². The molecule has 0 aromatic carbocycles. The van der Waals surface area contributed by atoms with Crippen LogP contribution in [0.5, 0.6) is 0 Å². The van der Waals surface area contributed by atoms with Crippen LogP contribution in [-0.2, 0) is 13.5 Å². The summed E-state index contributed by atoms with van der Waals surface area (Å²) in [6.07, 6.45) is 10.7. The molecule has 1 heterocycles. The minimum absolute atomic E-state index is 0.190. The first kappa shape index (κ1) is 12.7. The predicted octanol–water partition coefficient (Wildman–Crippen LogP) is 1.69. The number of hydrogen-bond acceptors (Lipinski definition) is 4. The predicted molar refractivity (Wildman–Crippen MR) is 75.7 cm³/mol. The highest BCUT2D eigenvalue weighted by Gasteiger charge is 2.51. The first-order valence-corrected chi connectivity index (χ1v) is 8.09. The fourth-order valence-electron chi connectivity index (χ4n) is 5.81. The Labute approximate surface area is 120 Å². The third-order valence-electron chi connectivity index (χ3n) is 5.85. The Morgan fingerprint density at radius 3 is 2.30 bits per heavy atom. The highest BCUT2D eigenvalue weighted by molar-refractivity contribution is 5.03. The molecule has 5 rings (SSSR count). The molecule has 4 saturated carbocycles. The lowest BCUT2D eigenvalue weighted by atomic mass is 9.48. The summed E-state index contributed by atoms with van der Waals surface area (Å²) in [4.78, 5) is 1.52. The number of nitrogens with two attached hydrogens (primary N) is 1. The van der Waals surface area contributed by atoms with E-state index >= 15 is 0 Å². The van der Waals surface area contributed by atoms with Crippen molar-refractivity contribution >= 4 is 0 Å². The minimum Gasteiger partial charge on any atom is -0.327 e. The largest absolute Gasteiger partial charge is 0.327 e. The third-order valence-corrected chi connectivity index (χ3v) is 5.85. The Hall–Kier alpha value is -0.970. The summed E-state index contributed by atoms with van der Waals surface area (Å²) < 4.78 is 0. The molecule has 1 unspecified atom stereocenters. The average molecular weight is 275 g/mol. The molecule has 110 valence electrons. The fourth-order valence-corrected chi connectivity index (χ4v) is 5.81. The SMILES string of the molecule is Cn1nnc(CC(N)CC23CC4CC(CC(C4)C2)C3)n1. The number of aryl methyl sites for hydroxylation is 1. The van der Waals surface area contributed by atoms with Gasteiger partial charge in [0, 0.05) is 12.5 Å². The van der Waals surface area contributed by atoms with E-state index in [2.05, 4.69) is 15.4 Å². The van der Waals surface area contributed by atoms with Crippen LogP contribution in [0.2, 0.25) is 0 Å². The van der Waals surface area contributed by atoms with Crippen molar-refractivity contribution in [1.29, 1.82) is 0 Å². The Morgan fingerprint density at radius 2 is 1.80 bits per heavy atom. The molecule has 0 radical (unpaired) electrons. The summed E-state index contributed by atoms with van der Waals surface area (Å²) >= 11 is 0. The van der Waals surface area contributed by atoms with Crippen LogP contribution < -0.4 is 5.73 Å². The van der Waals surface area contributed by atoms with Crippen molar-refractivity contribution in [3.05, 3.63) is 5.82 Å². The number of rotatable bonds is 4. The molecule has 5 nitrogen and oxygen atoms in total. The zero-order chi connectivity index (χ0) is 13.7. The molecule has 4 aliphatic rings. The van der Waals surface area contributed by atoms with Crippen molar-refractivity contribution in [2.75, 3.05) is 0 Å². The lowest BCUT2D eigenvalue weighted by Gasteiger charge is -2.57. The normalized spacial score (nSPS) is 40.2. The van der Waals surface area contributed by atoms with Gasteiger partial charge in [-0.2, -0.15) is 4.80 Å². The van der Waals surface area contributed by atoms with Crippen LogP contribution in [0.4, 0.5) is 0 Å². The quantitative estimate of drug-likeness (QED) is 0.907. The fraction of sp³-hybridized carbons (Fsp3) is 0.933. The maximum Gasteiger partial charge on any atom is 0.176 e. The van der Waals surface area contributed by atoms with Crippen LogP contribution in [0.1, 0.15) is 50.8 Å². The van der Waals surface area contributed by atoms with Crippen LogP contribution in [0.15, 0.2) is 0 Å². The molecule has 1 aromatic rings. The Morgan fingerprint density at radius 1 is 1.20 bits per heavy atom. The van der Waals surface area contributed by atoms with E-state index in [9.17, 15) is 0 Å². The lowest BCUT2D eigenvalue weighted by Crippen LogP contribution is -2.48.